The van der Waals surface area contributed by atoms with E-state index in [0.29, 0.717) is 24.9 Å². The largest absolute Gasteiger partial charge is 0.358 e. The van der Waals surface area contributed by atoms with Crippen LogP contribution in [0.5, 0.6) is 0 Å². The van der Waals surface area contributed by atoms with Gasteiger partial charge in [-0.05, 0) is 43.6 Å². The summed E-state index contributed by atoms with van der Waals surface area (Å²) in [5.74, 6) is 1.22. The molecule has 0 radical (unpaired) electrons. The van der Waals surface area contributed by atoms with Crippen LogP contribution in [0.25, 0.3) is 0 Å². The lowest BCUT2D eigenvalue weighted by Gasteiger charge is -2.24. The van der Waals surface area contributed by atoms with E-state index in [9.17, 15) is 4.79 Å². The van der Waals surface area contributed by atoms with Crippen molar-refractivity contribution >= 4 is 33.6 Å². The summed E-state index contributed by atoms with van der Waals surface area (Å²) >= 11 is 3.39. The van der Waals surface area contributed by atoms with Crippen LogP contribution in [-0.2, 0) is 4.79 Å². The Morgan fingerprint density at radius 2 is 2.05 bits per heavy atom. The maximum atomic E-state index is 12.2. The van der Waals surface area contributed by atoms with Gasteiger partial charge in [0.15, 0.2) is 0 Å². The Bertz CT molecular complexity index is 450. The van der Waals surface area contributed by atoms with Crippen molar-refractivity contribution in [2.45, 2.75) is 33.7 Å². The third-order valence-corrected chi connectivity index (χ3v) is 3.46. The SMILES string of the molecule is CCNc1ncc(Br)c(NC(C)C(=O)N(CC)CC)n1. The van der Waals surface area contributed by atoms with Crippen LogP contribution < -0.4 is 10.6 Å². The number of nitrogens with zero attached hydrogens (tertiary/aromatic N) is 3. The van der Waals surface area contributed by atoms with Gasteiger partial charge in [0.2, 0.25) is 11.9 Å². The lowest BCUT2D eigenvalue weighted by molar-refractivity contribution is -0.131. The highest BCUT2D eigenvalue weighted by Gasteiger charge is 2.19. The van der Waals surface area contributed by atoms with E-state index in [4.69, 9.17) is 0 Å². The molecule has 1 rings (SSSR count). The molecule has 0 aliphatic heterocycles. The van der Waals surface area contributed by atoms with Crippen LogP contribution in [0.1, 0.15) is 27.7 Å². The summed E-state index contributed by atoms with van der Waals surface area (Å²) in [5, 5.41) is 6.17. The second-order valence-corrected chi connectivity index (χ2v) is 5.15. The second kappa shape index (κ2) is 8.04. The number of amides is 1. The number of hydrogen-bond acceptors (Lipinski definition) is 5. The summed E-state index contributed by atoms with van der Waals surface area (Å²) in [6.45, 7) is 9.90. The van der Waals surface area contributed by atoms with Crippen molar-refractivity contribution in [2.24, 2.45) is 0 Å². The van der Waals surface area contributed by atoms with Crippen LogP contribution in [0.2, 0.25) is 0 Å². The Morgan fingerprint density at radius 1 is 1.40 bits per heavy atom. The normalized spacial score (nSPS) is 11.8. The van der Waals surface area contributed by atoms with Crippen molar-refractivity contribution in [3.05, 3.63) is 10.7 Å². The van der Waals surface area contributed by atoms with E-state index in [-0.39, 0.29) is 11.9 Å². The fourth-order valence-electron chi connectivity index (χ4n) is 1.79. The average Bonchev–Trinajstić information content (AvgIpc) is 2.44. The summed E-state index contributed by atoms with van der Waals surface area (Å²) in [7, 11) is 0. The van der Waals surface area contributed by atoms with Gasteiger partial charge in [0.1, 0.15) is 11.9 Å². The van der Waals surface area contributed by atoms with Crippen molar-refractivity contribution < 1.29 is 4.79 Å². The molecule has 1 unspecified atom stereocenters. The lowest BCUT2D eigenvalue weighted by Crippen LogP contribution is -2.41. The highest BCUT2D eigenvalue weighted by molar-refractivity contribution is 9.10. The second-order valence-electron chi connectivity index (χ2n) is 4.30. The van der Waals surface area contributed by atoms with Crippen LogP contribution in [0.3, 0.4) is 0 Å². The van der Waals surface area contributed by atoms with Gasteiger partial charge in [-0.25, -0.2) is 4.98 Å². The summed E-state index contributed by atoms with van der Waals surface area (Å²) in [4.78, 5) is 22.5. The predicted molar refractivity (Wildman–Crippen MR) is 84.9 cm³/mol. The predicted octanol–water partition coefficient (Wildman–Crippen LogP) is 2.34. The summed E-state index contributed by atoms with van der Waals surface area (Å²) in [6.07, 6.45) is 1.67. The molecular formula is C13H22BrN5O. The maximum Gasteiger partial charge on any atom is 0.244 e. The molecular weight excluding hydrogens is 322 g/mol. The fourth-order valence-corrected chi connectivity index (χ4v) is 2.09. The number of hydrogen-bond donors (Lipinski definition) is 2. The average molecular weight is 344 g/mol. The van der Waals surface area contributed by atoms with Crippen molar-refractivity contribution in [1.29, 1.82) is 0 Å². The first-order chi connectivity index (χ1) is 9.53. The van der Waals surface area contributed by atoms with Gasteiger partial charge in [0.25, 0.3) is 0 Å². The fraction of sp³-hybridized carbons (Fsp3) is 0.615. The number of carbonyl (C=O) groups excluding carboxylic acids is 1. The van der Waals surface area contributed by atoms with Gasteiger partial charge in [0, 0.05) is 25.8 Å². The van der Waals surface area contributed by atoms with Gasteiger partial charge in [-0.1, -0.05) is 0 Å². The molecule has 1 heterocycles. The molecule has 0 saturated heterocycles. The molecule has 1 atom stereocenters. The van der Waals surface area contributed by atoms with Gasteiger partial charge >= 0.3 is 0 Å². The van der Waals surface area contributed by atoms with Crippen LogP contribution in [-0.4, -0.2) is 46.5 Å². The van der Waals surface area contributed by atoms with E-state index in [1.807, 2.05) is 27.7 Å². The first-order valence-electron chi connectivity index (χ1n) is 6.85. The van der Waals surface area contributed by atoms with Gasteiger partial charge in [-0.15, -0.1) is 0 Å². The summed E-state index contributed by atoms with van der Waals surface area (Å²) < 4.78 is 0.735. The number of likely N-dealkylation sites (N-methyl/N-ethyl adjacent to an activating group) is 1. The quantitative estimate of drug-likeness (QED) is 0.795. The number of anilines is 2. The van der Waals surface area contributed by atoms with E-state index < -0.39 is 0 Å². The first kappa shape index (κ1) is 16.7. The molecule has 1 amide bonds. The van der Waals surface area contributed by atoms with E-state index >= 15 is 0 Å². The molecule has 0 saturated carbocycles. The van der Waals surface area contributed by atoms with Gasteiger partial charge in [-0.3, -0.25) is 4.79 Å². The molecule has 0 fully saturated rings. The maximum absolute atomic E-state index is 12.2. The Kier molecular flexibility index (Phi) is 6.70. The van der Waals surface area contributed by atoms with Crippen molar-refractivity contribution in [1.82, 2.24) is 14.9 Å². The van der Waals surface area contributed by atoms with Crippen LogP contribution in [0.4, 0.5) is 11.8 Å². The number of carbonyl (C=O) groups is 1. The van der Waals surface area contributed by atoms with E-state index in [2.05, 4.69) is 36.5 Å². The highest BCUT2D eigenvalue weighted by atomic mass is 79.9. The van der Waals surface area contributed by atoms with Crippen LogP contribution in [0, 0.1) is 0 Å². The van der Waals surface area contributed by atoms with Gasteiger partial charge < -0.3 is 15.5 Å². The molecule has 0 spiro atoms. The van der Waals surface area contributed by atoms with E-state index in [1.54, 1.807) is 11.1 Å². The monoisotopic (exact) mass is 343 g/mol. The Labute approximate surface area is 128 Å². The standard InChI is InChI=1S/C13H22BrN5O/c1-5-15-13-16-8-10(14)11(18-13)17-9(4)12(20)19(6-2)7-3/h8-9H,5-7H2,1-4H3,(H2,15,16,17,18). The lowest BCUT2D eigenvalue weighted by atomic mass is 10.2. The van der Waals surface area contributed by atoms with Crippen LogP contribution in [0.15, 0.2) is 10.7 Å². The zero-order valence-corrected chi connectivity index (χ0v) is 14.0. The number of halogens is 1. The molecule has 0 aromatic carbocycles. The smallest absolute Gasteiger partial charge is 0.244 e. The van der Waals surface area contributed by atoms with Gasteiger partial charge in [-0.2, -0.15) is 4.98 Å². The molecule has 6 nitrogen and oxygen atoms in total. The minimum atomic E-state index is -0.337. The Balaban J connectivity index is 2.81. The number of nitrogens with one attached hydrogen (secondary N) is 2. The minimum absolute atomic E-state index is 0.0607. The molecule has 20 heavy (non-hydrogen) atoms. The van der Waals surface area contributed by atoms with Crippen LogP contribution >= 0.6 is 15.9 Å². The minimum Gasteiger partial charge on any atom is -0.358 e. The van der Waals surface area contributed by atoms with Crippen molar-refractivity contribution in [3.8, 4) is 0 Å². The Hall–Kier alpha value is -1.37. The number of rotatable bonds is 7. The molecule has 112 valence electrons. The molecule has 1 aromatic rings. The van der Waals surface area contributed by atoms with E-state index in [1.165, 1.54) is 0 Å². The first-order valence-corrected chi connectivity index (χ1v) is 7.64. The number of aromatic nitrogens is 2. The van der Waals surface area contributed by atoms with E-state index in [0.717, 1.165) is 11.0 Å². The Morgan fingerprint density at radius 3 is 2.60 bits per heavy atom. The van der Waals surface area contributed by atoms with Gasteiger partial charge in [0.05, 0.1) is 4.47 Å². The zero-order chi connectivity index (χ0) is 15.1. The topological polar surface area (TPSA) is 70.2 Å². The third kappa shape index (κ3) is 4.33. The summed E-state index contributed by atoms with van der Waals surface area (Å²) in [5.41, 5.74) is 0. The third-order valence-electron chi connectivity index (χ3n) is 2.88. The molecule has 2 N–H and O–H groups in total. The summed E-state index contributed by atoms with van der Waals surface area (Å²) in [6, 6.07) is -0.337. The molecule has 0 bridgehead atoms. The molecule has 7 heteroatoms. The van der Waals surface area contributed by atoms with Crippen molar-refractivity contribution in [2.75, 3.05) is 30.3 Å². The molecule has 0 aliphatic carbocycles. The molecule has 0 aliphatic rings. The molecule has 1 aromatic heterocycles. The highest BCUT2D eigenvalue weighted by Crippen LogP contribution is 2.21. The zero-order valence-electron chi connectivity index (χ0n) is 12.4. The van der Waals surface area contributed by atoms with Crippen molar-refractivity contribution in [3.63, 3.8) is 0 Å².